The maximum atomic E-state index is 10.7. The molecular formula is C13H7BrN2O2S. The van der Waals surface area contributed by atoms with Crippen LogP contribution >= 0.6 is 27.3 Å². The average molecular weight is 335 g/mol. The lowest BCUT2D eigenvalue weighted by atomic mass is 10.2. The third-order valence-electron chi connectivity index (χ3n) is 2.69. The van der Waals surface area contributed by atoms with E-state index in [2.05, 4.69) is 20.9 Å². The number of non-ortho nitro benzene ring substituents is 1. The van der Waals surface area contributed by atoms with Crippen molar-refractivity contribution < 1.29 is 4.92 Å². The maximum absolute atomic E-state index is 10.7. The van der Waals surface area contributed by atoms with Crippen molar-refractivity contribution in [3.63, 3.8) is 0 Å². The third kappa shape index (κ3) is 2.24. The van der Waals surface area contributed by atoms with E-state index in [1.807, 2.05) is 24.3 Å². The number of nitro benzene ring substituents is 1. The molecule has 0 spiro atoms. The van der Waals surface area contributed by atoms with E-state index in [4.69, 9.17) is 0 Å². The number of hydrogen-bond acceptors (Lipinski definition) is 4. The van der Waals surface area contributed by atoms with Crippen molar-refractivity contribution in [1.29, 1.82) is 0 Å². The summed E-state index contributed by atoms with van der Waals surface area (Å²) >= 11 is 4.94. The van der Waals surface area contributed by atoms with E-state index in [-0.39, 0.29) is 5.69 Å². The molecule has 3 rings (SSSR count). The fourth-order valence-corrected chi connectivity index (χ4v) is 3.47. The van der Waals surface area contributed by atoms with Crippen LogP contribution in [0.5, 0.6) is 0 Å². The fraction of sp³-hybridized carbons (Fsp3) is 0. The summed E-state index contributed by atoms with van der Waals surface area (Å²) in [5, 5.41) is 11.6. The van der Waals surface area contributed by atoms with E-state index in [1.165, 1.54) is 12.1 Å². The van der Waals surface area contributed by atoms with Gasteiger partial charge in [-0.2, -0.15) is 0 Å². The molecule has 0 saturated heterocycles. The van der Waals surface area contributed by atoms with Gasteiger partial charge in [-0.05, 0) is 34.1 Å². The summed E-state index contributed by atoms with van der Waals surface area (Å²) in [7, 11) is 0. The van der Waals surface area contributed by atoms with Crippen LogP contribution in [0.15, 0.2) is 46.9 Å². The molecule has 6 heteroatoms. The normalized spacial score (nSPS) is 10.8. The quantitative estimate of drug-likeness (QED) is 0.507. The maximum Gasteiger partial charge on any atom is 0.270 e. The summed E-state index contributed by atoms with van der Waals surface area (Å²) in [6.07, 6.45) is 0. The number of para-hydroxylation sites is 1. The molecule has 0 aliphatic rings. The lowest BCUT2D eigenvalue weighted by molar-refractivity contribution is -0.384. The molecule has 0 unspecified atom stereocenters. The first-order chi connectivity index (χ1) is 9.15. The second kappa shape index (κ2) is 4.71. The van der Waals surface area contributed by atoms with Crippen LogP contribution in [-0.2, 0) is 0 Å². The molecule has 0 N–H and O–H groups in total. The van der Waals surface area contributed by atoms with Crippen LogP contribution in [0, 0.1) is 10.1 Å². The van der Waals surface area contributed by atoms with Gasteiger partial charge in [0.15, 0.2) is 0 Å². The van der Waals surface area contributed by atoms with Crippen molar-refractivity contribution in [2.45, 2.75) is 0 Å². The minimum absolute atomic E-state index is 0.0664. The Bertz CT molecular complexity index is 752. The highest BCUT2D eigenvalue weighted by Gasteiger charge is 2.13. The molecule has 94 valence electrons. The SMILES string of the molecule is O=[N+]([O-])c1ccc(-c2nc3ccccc3s2)c(Br)c1. The lowest BCUT2D eigenvalue weighted by Gasteiger charge is -1.99. The highest BCUT2D eigenvalue weighted by Crippen LogP contribution is 2.35. The summed E-state index contributed by atoms with van der Waals surface area (Å²) < 4.78 is 1.78. The van der Waals surface area contributed by atoms with Gasteiger partial charge in [0.05, 0.1) is 15.1 Å². The Morgan fingerprint density at radius 3 is 2.68 bits per heavy atom. The van der Waals surface area contributed by atoms with Crippen LogP contribution in [-0.4, -0.2) is 9.91 Å². The Hall–Kier alpha value is -1.79. The van der Waals surface area contributed by atoms with E-state index in [0.29, 0.717) is 4.47 Å². The predicted octanol–water partition coefficient (Wildman–Crippen LogP) is 4.63. The minimum atomic E-state index is -0.410. The smallest absolute Gasteiger partial charge is 0.258 e. The molecule has 0 saturated carbocycles. The van der Waals surface area contributed by atoms with Gasteiger partial charge < -0.3 is 0 Å². The number of nitrogens with zero attached hydrogens (tertiary/aromatic N) is 2. The first-order valence-electron chi connectivity index (χ1n) is 5.45. The van der Waals surface area contributed by atoms with Gasteiger partial charge in [-0.3, -0.25) is 10.1 Å². The molecular weight excluding hydrogens is 328 g/mol. The summed E-state index contributed by atoms with van der Waals surface area (Å²) in [5.41, 5.74) is 1.87. The van der Waals surface area contributed by atoms with Gasteiger partial charge in [0.1, 0.15) is 5.01 Å². The molecule has 0 bridgehead atoms. The fourth-order valence-electron chi connectivity index (χ4n) is 1.78. The molecule has 1 aromatic heterocycles. The Balaban J connectivity index is 2.13. The third-order valence-corrected chi connectivity index (χ3v) is 4.41. The Kier molecular flexibility index (Phi) is 3.04. The molecule has 1 heterocycles. The number of aromatic nitrogens is 1. The molecule has 3 aromatic rings. The molecule has 0 atom stereocenters. The molecule has 0 amide bonds. The zero-order chi connectivity index (χ0) is 13.4. The van der Waals surface area contributed by atoms with E-state index in [9.17, 15) is 10.1 Å². The van der Waals surface area contributed by atoms with Crippen LogP contribution in [0.2, 0.25) is 0 Å². The molecule has 0 aliphatic heterocycles. The Morgan fingerprint density at radius 1 is 1.21 bits per heavy atom. The van der Waals surface area contributed by atoms with Gasteiger partial charge in [-0.1, -0.05) is 12.1 Å². The molecule has 0 aliphatic carbocycles. The van der Waals surface area contributed by atoms with Gasteiger partial charge in [0, 0.05) is 22.2 Å². The van der Waals surface area contributed by atoms with Crippen LogP contribution in [0.25, 0.3) is 20.8 Å². The summed E-state index contributed by atoms with van der Waals surface area (Å²) in [5.74, 6) is 0. The lowest BCUT2D eigenvalue weighted by Crippen LogP contribution is -1.88. The second-order valence-corrected chi connectivity index (χ2v) is 5.79. The van der Waals surface area contributed by atoms with Gasteiger partial charge in [-0.25, -0.2) is 4.98 Å². The van der Waals surface area contributed by atoms with E-state index >= 15 is 0 Å². The van der Waals surface area contributed by atoms with Crippen molar-refractivity contribution in [2.75, 3.05) is 0 Å². The van der Waals surface area contributed by atoms with Crippen molar-refractivity contribution in [1.82, 2.24) is 4.98 Å². The number of rotatable bonds is 2. The molecule has 2 aromatic carbocycles. The number of fused-ring (bicyclic) bond motifs is 1. The highest BCUT2D eigenvalue weighted by atomic mass is 79.9. The van der Waals surface area contributed by atoms with Crippen molar-refractivity contribution in [3.8, 4) is 10.6 Å². The zero-order valence-corrected chi connectivity index (χ0v) is 11.9. The average Bonchev–Trinajstić information content (AvgIpc) is 2.81. The topological polar surface area (TPSA) is 56.0 Å². The number of hydrogen-bond donors (Lipinski definition) is 0. The van der Waals surface area contributed by atoms with Crippen molar-refractivity contribution in [3.05, 3.63) is 57.1 Å². The molecule has 19 heavy (non-hydrogen) atoms. The van der Waals surface area contributed by atoms with Crippen molar-refractivity contribution in [2.24, 2.45) is 0 Å². The van der Waals surface area contributed by atoms with Gasteiger partial charge >= 0.3 is 0 Å². The minimum Gasteiger partial charge on any atom is -0.258 e. The van der Waals surface area contributed by atoms with Gasteiger partial charge in [0.25, 0.3) is 5.69 Å². The van der Waals surface area contributed by atoms with Crippen molar-refractivity contribution >= 4 is 43.2 Å². The Morgan fingerprint density at radius 2 is 2.00 bits per heavy atom. The van der Waals surface area contributed by atoms with Crippen LogP contribution in [0.3, 0.4) is 0 Å². The highest BCUT2D eigenvalue weighted by molar-refractivity contribution is 9.10. The largest absolute Gasteiger partial charge is 0.270 e. The zero-order valence-electron chi connectivity index (χ0n) is 9.54. The second-order valence-electron chi connectivity index (χ2n) is 3.91. The van der Waals surface area contributed by atoms with Crippen LogP contribution in [0.1, 0.15) is 0 Å². The molecule has 0 radical (unpaired) electrons. The number of halogens is 1. The van der Waals surface area contributed by atoms with Gasteiger partial charge in [-0.15, -0.1) is 11.3 Å². The van der Waals surface area contributed by atoms with Crippen LogP contribution < -0.4 is 0 Å². The summed E-state index contributed by atoms with van der Waals surface area (Å²) in [6.45, 7) is 0. The standard InChI is InChI=1S/C13H7BrN2O2S/c14-10-7-8(16(17)18)5-6-9(10)13-15-11-3-1-2-4-12(11)19-13/h1-7H. The summed E-state index contributed by atoms with van der Waals surface area (Å²) in [6, 6.07) is 12.6. The number of thiazole rings is 1. The number of nitro groups is 1. The van der Waals surface area contributed by atoms with Gasteiger partial charge in [0.2, 0.25) is 0 Å². The summed E-state index contributed by atoms with van der Waals surface area (Å²) in [4.78, 5) is 14.8. The first-order valence-corrected chi connectivity index (χ1v) is 7.06. The Labute approximate surface area is 121 Å². The van der Waals surface area contributed by atoms with E-state index < -0.39 is 4.92 Å². The first kappa shape index (κ1) is 12.3. The monoisotopic (exact) mass is 334 g/mol. The predicted molar refractivity (Wildman–Crippen MR) is 79.4 cm³/mol. The van der Waals surface area contributed by atoms with E-state index in [1.54, 1.807) is 17.4 Å². The van der Waals surface area contributed by atoms with Crippen LogP contribution in [0.4, 0.5) is 5.69 Å². The molecule has 4 nitrogen and oxygen atoms in total. The van der Waals surface area contributed by atoms with E-state index in [0.717, 1.165) is 20.8 Å². The molecule has 0 fully saturated rings. The number of benzene rings is 2.